The van der Waals surface area contributed by atoms with E-state index in [1.165, 1.54) is 7.11 Å². The molecule has 0 aliphatic rings. The molecule has 0 bridgehead atoms. The molecule has 0 saturated carbocycles. The van der Waals surface area contributed by atoms with E-state index in [0.29, 0.717) is 25.5 Å². The largest absolute Gasteiger partial charge is 0.486 e. The zero-order chi connectivity index (χ0) is 22.5. The lowest BCUT2D eigenvalue weighted by atomic mass is 10.0. The molecular weight excluding hydrogens is 426 g/mol. The SMILES string of the molecule is CCOC(Cc1ccc(OCc2nc(-c3ccccc3)oc2C)c2sccc12)C(=O)OC. The topological polar surface area (TPSA) is 70.8 Å². The van der Waals surface area contributed by atoms with Gasteiger partial charge >= 0.3 is 5.97 Å². The molecule has 0 saturated heterocycles. The van der Waals surface area contributed by atoms with Crippen molar-refractivity contribution in [2.75, 3.05) is 13.7 Å². The third kappa shape index (κ3) is 4.69. The molecule has 4 aromatic rings. The molecule has 2 heterocycles. The van der Waals surface area contributed by atoms with Gasteiger partial charge in [-0.05, 0) is 54.4 Å². The van der Waals surface area contributed by atoms with Crippen LogP contribution in [-0.4, -0.2) is 30.8 Å². The molecule has 0 N–H and O–H groups in total. The quantitative estimate of drug-likeness (QED) is 0.310. The molecule has 7 heteroatoms. The molecule has 166 valence electrons. The highest BCUT2D eigenvalue weighted by Gasteiger charge is 2.22. The molecule has 0 radical (unpaired) electrons. The summed E-state index contributed by atoms with van der Waals surface area (Å²) >= 11 is 1.60. The minimum Gasteiger partial charge on any atom is -0.486 e. The lowest BCUT2D eigenvalue weighted by Crippen LogP contribution is -2.28. The van der Waals surface area contributed by atoms with Crippen molar-refractivity contribution in [3.63, 3.8) is 0 Å². The second-order valence-electron chi connectivity index (χ2n) is 7.23. The maximum Gasteiger partial charge on any atom is 0.335 e. The first-order valence-electron chi connectivity index (χ1n) is 10.4. The highest BCUT2D eigenvalue weighted by molar-refractivity contribution is 7.17. The van der Waals surface area contributed by atoms with Crippen LogP contribution in [0.15, 0.2) is 58.3 Å². The van der Waals surface area contributed by atoms with Crippen molar-refractivity contribution in [1.29, 1.82) is 0 Å². The van der Waals surface area contributed by atoms with Gasteiger partial charge in [-0.1, -0.05) is 24.3 Å². The number of aromatic nitrogens is 1. The van der Waals surface area contributed by atoms with Crippen LogP contribution in [0.1, 0.15) is 23.9 Å². The third-order valence-corrected chi connectivity index (χ3v) is 6.11. The molecule has 4 rings (SSSR count). The van der Waals surface area contributed by atoms with Crippen molar-refractivity contribution < 1.29 is 23.4 Å². The number of carbonyl (C=O) groups excluding carboxylic acids is 1. The minimum atomic E-state index is -0.631. The monoisotopic (exact) mass is 451 g/mol. The van der Waals surface area contributed by atoms with E-state index in [1.807, 2.05) is 67.8 Å². The van der Waals surface area contributed by atoms with Crippen molar-refractivity contribution in [2.45, 2.75) is 33.0 Å². The number of esters is 1. The van der Waals surface area contributed by atoms with Crippen LogP contribution in [0.2, 0.25) is 0 Å². The van der Waals surface area contributed by atoms with Gasteiger partial charge in [-0.2, -0.15) is 0 Å². The number of thiophene rings is 1. The van der Waals surface area contributed by atoms with Gasteiger partial charge in [0.1, 0.15) is 23.8 Å². The molecule has 0 amide bonds. The van der Waals surface area contributed by atoms with E-state index in [9.17, 15) is 4.79 Å². The Labute approximate surface area is 190 Å². The number of rotatable bonds is 9. The van der Waals surface area contributed by atoms with Crippen LogP contribution in [0.5, 0.6) is 5.75 Å². The third-order valence-electron chi connectivity index (χ3n) is 5.19. The summed E-state index contributed by atoms with van der Waals surface area (Å²) in [6, 6.07) is 15.7. The minimum absolute atomic E-state index is 0.304. The van der Waals surface area contributed by atoms with Crippen LogP contribution < -0.4 is 4.74 Å². The Morgan fingerprint density at radius 1 is 1.16 bits per heavy atom. The Hall–Kier alpha value is -3.16. The number of oxazole rings is 1. The number of fused-ring (bicyclic) bond motifs is 1. The fraction of sp³-hybridized carbons (Fsp3) is 0.280. The Bertz CT molecular complexity index is 1200. The number of nitrogens with zero attached hydrogens (tertiary/aromatic N) is 1. The molecule has 0 fully saturated rings. The van der Waals surface area contributed by atoms with Gasteiger partial charge in [-0.25, -0.2) is 9.78 Å². The van der Waals surface area contributed by atoms with Gasteiger partial charge in [0.05, 0.1) is 11.8 Å². The highest BCUT2D eigenvalue weighted by Crippen LogP contribution is 2.35. The van der Waals surface area contributed by atoms with Crippen LogP contribution in [0.25, 0.3) is 21.5 Å². The summed E-state index contributed by atoms with van der Waals surface area (Å²) in [7, 11) is 1.38. The summed E-state index contributed by atoms with van der Waals surface area (Å²) < 4.78 is 23.5. The Kier molecular flexibility index (Phi) is 6.87. The van der Waals surface area contributed by atoms with Gasteiger partial charge in [-0.15, -0.1) is 11.3 Å². The Morgan fingerprint density at radius 2 is 1.97 bits per heavy atom. The van der Waals surface area contributed by atoms with Crippen molar-refractivity contribution in [3.05, 3.63) is 70.9 Å². The number of methoxy groups -OCH3 is 1. The molecule has 2 aromatic heterocycles. The van der Waals surface area contributed by atoms with Crippen LogP contribution in [-0.2, 0) is 27.3 Å². The maximum atomic E-state index is 12.1. The second-order valence-corrected chi connectivity index (χ2v) is 8.15. The second kappa shape index (κ2) is 9.97. The van der Waals surface area contributed by atoms with E-state index in [1.54, 1.807) is 11.3 Å². The van der Waals surface area contributed by atoms with Crippen LogP contribution in [0.4, 0.5) is 0 Å². The number of hydrogen-bond donors (Lipinski definition) is 0. The van der Waals surface area contributed by atoms with Crippen molar-refractivity contribution in [2.24, 2.45) is 0 Å². The molecule has 1 atom stereocenters. The van der Waals surface area contributed by atoms with E-state index in [4.69, 9.17) is 18.6 Å². The first kappa shape index (κ1) is 22.0. The van der Waals surface area contributed by atoms with E-state index >= 15 is 0 Å². The normalized spacial score (nSPS) is 12.1. The van der Waals surface area contributed by atoms with Crippen molar-refractivity contribution >= 4 is 27.4 Å². The van der Waals surface area contributed by atoms with E-state index in [2.05, 4.69) is 4.98 Å². The van der Waals surface area contributed by atoms with Gasteiger partial charge in [-0.3, -0.25) is 0 Å². The Balaban J connectivity index is 1.53. The van der Waals surface area contributed by atoms with Gasteiger partial charge < -0.3 is 18.6 Å². The van der Waals surface area contributed by atoms with Crippen molar-refractivity contribution in [1.82, 2.24) is 4.98 Å². The first-order chi connectivity index (χ1) is 15.6. The van der Waals surface area contributed by atoms with E-state index < -0.39 is 6.10 Å². The predicted octanol–water partition coefficient (Wildman–Crippen LogP) is 5.56. The Morgan fingerprint density at radius 3 is 2.72 bits per heavy atom. The standard InChI is InChI=1S/C25H25NO5S/c1-4-29-22(25(27)28-3)14-18-10-11-21(23-19(18)12-13-32-23)30-15-20-16(2)31-24(26-20)17-8-6-5-7-9-17/h5-13,22H,4,14-15H2,1-3H3. The predicted molar refractivity (Wildman–Crippen MR) is 124 cm³/mol. The summed E-state index contributed by atoms with van der Waals surface area (Å²) in [6.45, 7) is 4.50. The molecule has 0 spiro atoms. The summed E-state index contributed by atoms with van der Waals surface area (Å²) in [5, 5.41) is 3.06. The lowest BCUT2D eigenvalue weighted by molar-refractivity contribution is -0.153. The van der Waals surface area contributed by atoms with Crippen LogP contribution in [0, 0.1) is 6.92 Å². The summed E-state index contributed by atoms with van der Waals surface area (Å²) in [6.07, 6.45) is -0.189. The average molecular weight is 452 g/mol. The summed E-state index contributed by atoms with van der Waals surface area (Å²) in [4.78, 5) is 16.7. The number of hydrogen-bond acceptors (Lipinski definition) is 7. The lowest BCUT2D eigenvalue weighted by Gasteiger charge is -2.16. The van der Waals surface area contributed by atoms with Crippen LogP contribution in [0.3, 0.4) is 0 Å². The van der Waals surface area contributed by atoms with E-state index in [0.717, 1.165) is 38.4 Å². The van der Waals surface area contributed by atoms with Gasteiger partial charge in [0.15, 0.2) is 6.10 Å². The molecule has 6 nitrogen and oxygen atoms in total. The fourth-order valence-electron chi connectivity index (χ4n) is 3.54. The fourth-order valence-corrected chi connectivity index (χ4v) is 4.45. The smallest absolute Gasteiger partial charge is 0.335 e. The number of carbonyl (C=O) groups is 1. The number of aryl methyl sites for hydroxylation is 1. The highest BCUT2D eigenvalue weighted by atomic mass is 32.1. The van der Waals surface area contributed by atoms with Gasteiger partial charge in [0, 0.05) is 18.6 Å². The molecule has 32 heavy (non-hydrogen) atoms. The zero-order valence-electron chi connectivity index (χ0n) is 18.3. The average Bonchev–Trinajstić information content (AvgIpc) is 3.45. The summed E-state index contributed by atoms with van der Waals surface area (Å²) in [5.74, 6) is 1.73. The molecule has 2 aromatic carbocycles. The van der Waals surface area contributed by atoms with Gasteiger partial charge in [0.25, 0.3) is 0 Å². The van der Waals surface area contributed by atoms with Gasteiger partial charge in [0.2, 0.25) is 5.89 Å². The molecule has 0 aliphatic heterocycles. The molecule has 1 unspecified atom stereocenters. The van der Waals surface area contributed by atoms with Crippen molar-refractivity contribution in [3.8, 4) is 17.2 Å². The number of ether oxygens (including phenoxy) is 3. The van der Waals surface area contributed by atoms with Crippen LogP contribution >= 0.6 is 11.3 Å². The molecule has 0 aliphatic carbocycles. The first-order valence-corrected chi connectivity index (χ1v) is 11.3. The molecular formula is C25H25NO5S. The summed E-state index contributed by atoms with van der Waals surface area (Å²) in [5.41, 5.74) is 2.71. The number of benzene rings is 2. The van der Waals surface area contributed by atoms with E-state index in [-0.39, 0.29) is 5.97 Å². The zero-order valence-corrected chi connectivity index (χ0v) is 19.1. The maximum absolute atomic E-state index is 12.1.